The molecule has 0 bridgehead atoms. The van der Waals surface area contributed by atoms with E-state index in [0.29, 0.717) is 23.9 Å². The Balaban J connectivity index is 1.64. The third-order valence-electron chi connectivity index (χ3n) is 6.09. The summed E-state index contributed by atoms with van der Waals surface area (Å²) in [4.78, 5) is 42.9. The summed E-state index contributed by atoms with van der Waals surface area (Å²) < 4.78 is 5.70. The number of carbonyl (C=O) groups is 2. The van der Waals surface area contributed by atoms with Gasteiger partial charge in [-0.3, -0.25) is 15.6 Å². The van der Waals surface area contributed by atoms with Crippen molar-refractivity contribution in [3.05, 3.63) is 53.8 Å². The molecule has 3 amide bonds. The third-order valence-corrected chi connectivity index (χ3v) is 6.98. The van der Waals surface area contributed by atoms with Crippen molar-refractivity contribution in [2.45, 2.75) is 60.1 Å². The number of hydrogen-bond donors (Lipinski definition) is 2. The molecule has 3 rings (SSSR count). The molecular formula is C29H41N7O3S. The van der Waals surface area contributed by atoms with Crippen molar-refractivity contribution < 1.29 is 14.3 Å². The number of urea groups is 1. The van der Waals surface area contributed by atoms with E-state index in [-0.39, 0.29) is 18.6 Å². The summed E-state index contributed by atoms with van der Waals surface area (Å²) in [5, 5.41) is 8.07. The van der Waals surface area contributed by atoms with E-state index in [1.54, 1.807) is 34.8 Å². The topological polar surface area (TPSA) is 113 Å². The largest absolute Gasteiger partial charge is 0.444 e. The molecule has 216 valence electrons. The lowest BCUT2D eigenvalue weighted by molar-refractivity contribution is 0.0199. The van der Waals surface area contributed by atoms with Crippen LogP contribution in [0.15, 0.2) is 48.1 Å². The highest BCUT2D eigenvalue weighted by Gasteiger charge is 2.24. The van der Waals surface area contributed by atoms with Gasteiger partial charge in [0, 0.05) is 29.9 Å². The molecule has 0 spiro atoms. The Morgan fingerprint density at radius 3 is 2.40 bits per heavy atom. The van der Waals surface area contributed by atoms with E-state index in [1.807, 2.05) is 39.0 Å². The predicted octanol–water partition coefficient (Wildman–Crippen LogP) is 6.35. The van der Waals surface area contributed by atoms with E-state index in [0.717, 1.165) is 36.6 Å². The first-order valence-electron chi connectivity index (χ1n) is 13.7. The van der Waals surface area contributed by atoms with E-state index in [2.05, 4.69) is 51.3 Å². The smallest absolute Gasteiger partial charge is 0.410 e. The van der Waals surface area contributed by atoms with Gasteiger partial charge in [-0.25, -0.2) is 19.6 Å². The Hall–Kier alpha value is -3.57. The van der Waals surface area contributed by atoms with Gasteiger partial charge < -0.3 is 14.5 Å². The summed E-state index contributed by atoms with van der Waals surface area (Å²) in [5.74, 6) is 1.09. The zero-order valence-corrected chi connectivity index (χ0v) is 25.1. The minimum Gasteiger partial charge on any atom is -0.444 e. The molecule has 0 saturated carbocycles. The molecule has 0 radical (unpaired) electrons. The lowest BCUT2D eigenvalue weighted by Crippen LogP contribution is -2.39. The molecule has 3 aromatic heterocycles. The summed E-state index contributed by atoms with van der Waals surface area (Å²) in [6.07, 6.45) is 3.99. The molecule has 1 unspecified atom stereocenters. The van der Waals surface area contributed by atoms with Crippen LogP contribution in [0.1, 0.15) is 53.7 Å². The Morgan fingerprint density at radius 1 is 1.02 bits per heavy atom. The van der Waals surface area contributed by atoms with Gasteiger partial charge in [0.25, 0.3) is 0 Å². The van der Waals surface area contributed by atoms with Crippen LogP contribution in [-0.4, -0.2) is 68.7 Å². The normalized spacial score (nSPS) is 12.2. The van der Waals surface area contributed by atoms with E-state index < -0.39 is 11.6 Å². The lowest BCUT2D eigenvalue weighted by Gasteiger charge is -2.30. The van der Waals surface area contributed by atoms with E-state index >= 15 is 0 Å². The molecule has 11 heteroatoms. The Kier molecular flexibility index (Phi) is 11.4. The van der Waals surface area contributed by atoms with Crippen molar-refractivity contribution in [2.75, 3.05) is 36.8 Å². The molecule has 2 N–H and O–H groups in total. The van der Waals surface area contributed by atoms with Gasteiger partial charge in [0.15, 0.2) is 0 Å². The van der Waals surface area contributed by atoms with Crippen molar-refractivity contribution in [1.29, 1.82) is 0 Å². The minimum absolute atomic E-state index is 0.267. The Labute approximate surface area is 241 Å². The first kappa shape index (κ1) is 31.0. The summed E-state index contributed by atoms with van der Waals surface area (Å²) in [6, 6.07) is 8.62. The number of ether oxygens (including phenoxy) is 1. The standard InChI is InChI=1S/C29H41N7O3S/c1-7-35(8-2)17-14-21(3)18-36(28(38)39-29(4,5)6)19-23-10-9-11-24(31-23)33-27(37)34-25-20-40-26(32-25)22-12-15-30-16-13-22/h9-13,15-16,20-21H,7-8,14,17-19H2,1-6H3,(H2,31,33,34,37). The number of nitrogens with zero attached hydrogens (tertiary/aromatic N) is 5. The molecule has 1 atom stereocenters. The van der Waals surface area contributed by atoms with Crippen LogP contribution in [0.25, 0.3) is 10.6 Å². The fourth-order valence-electron chi connectivity index (χ4n) is 4.00. The van der Waals surface area contributed by atoms with Crippen molar-refractivity contribution in [3.63, 3.8) is 0 Å². The maximum Gasteiger partial charge on any atom is 0.410 e. The van der Waals surface area contributed by atoms with Crippen LogP contribution in [0.2, 0.25) is 0 Å². The first-order valence-corrected chi connectivity index (χ1v) is 14.5. The lowest BCUT2D eigenvalue weighted by atomic mass is 10.1. The second-order valence-electron chi connectivity index (χ2n) is 10.6. The highest BCUT2D eigenvalue weighted by Crippen LogP contribution is 2.25. The van der Waals surface area contributed by atoms with Crippen LogP contribution < -0.4 is 10.6 Å². The number of thiazole rings is 1. The number of anilines is 2. The van der Waals surface area contributed by atoms with Crippen molar-refractivity contribution in [2.24, 2.45) is 5.92 Å². The van der Waals surface area contributed by atoms with Gasteiger partial charge in [0.2, 0.25) is 0 Å². The van der Waals surface area contributed by atoms with Gasteiger partial charge in [-0.1, -0.05) is 26.8 Å². The van der Waals surface area contributed by atoms with Crippen LogP contribution in [0.5, 0.6) is 0 Å². The molecule has 0 aromatic carbocycles. The average Bonchev–Trinajstić information content (AvgIpc) is 3.37. The molecule has 0 saturated heterocycles. The monoisotopic (exact) mass is 567 g/mol. The number of aromatic nitrogens is 3. The maximum absolute atomic E-state index is 13.1. The summed E-state index contributed by atoms with van der Waals surface area (Å²) >= 11 is 1.43. The van der Waals surface area contributed by atoms with E-state index in [4.69, 9.17) is 4.74 Å². The second-order valence-corrected chi connectivity index (χ2v) is 11.5. The van der Waals surface area contributed by atoms with Gasteiger partial charge in [-0.15, -0.1) is 11.3 Å². The second kappa shape index (κ2) is 14.7. The van der Waals surface area contributed by atoms with Crippen LogP contribution in [-0.2, 0) is 11.3 Å². The number of nitrogens with one attached hydrogen (secondary N) is 2. The summed E-state index contributed by atoms with van der Waals surface area (Å²) in [5.41, 5.74) is 0.967. The van der Waals surface area contributed by atoms with Crippen LogP contribution in [0, 0.1) is 5.92 Å². The molecular weight excluding hydrogens is 526 g/mol. The van der Waals surface area contributed by atoms with E-state index in [1.165, 1.54) is 11.3 Å². The fraction of sp³-hybridized carbons (Fsp3) is 0.483. The molecule has 0 fully saturated rings. The number of pyridine rings is 2. The molecule has 10 nitrogen and oxygen atoms in total. The quantitative estimate of drug-likeness (QED) is 0.262. The zero-order valence-electron chi connectivity index (χ0n) is 24.3. The molecule has 0 aliphatic rings. The first-order chi connectivity index (χ1) is 19.1. The third kappa shape index (κ3) is 10.2. The average molecular weight is 568 g/mol. The SMILES string of the molecule is CCN(CC)CCC(C)CN(Cc1cccc(NC(=O)Nc2csc(-c3ccncc3)n2)n1)C(=O)OC(C)(C)C. The predicted molar refractivity (Wildman–Crippen MR) is 160 cm³/mol. The van der Waals surface area contributed by atoms with Crippen molar-refractivity contribution in [3.8, 4) is 10.6 Å². The van der Waals surface area contributed by atoms with Crippen LogP contribution >= 0.6 is 11.3 Å². The molecule has 3 aromatic rings. The fourth-order valence-corrected chi connectivity index (χ4v) is 4.75. The molecule has 3 heterocycles. The number of rotatable bonds is 12. The van der Waals surface area contributed by atoms with Gasteiger partial charge in [-0.05, 0) is 77.0 Å². The maximum atomic E-state index is 13.1. The Morgan fingerprint density at radius 2 is 1.73 bits per heavy atom. The number of hydrogen-bond acceptors (Lipinski definition) is 8. The number of amides is 3. The highest BCUT2D eigenvalue weighted by atomic mass is 32.1. The van der Waals surface area contributed by atoms with Gasteiger partial charge in [0.05, 0.1) is 12.2 Å². The molecule has 40 heavy (non-hydrogen) atoms. The highest BCUT2D eigenvalue weighted by molar-refractivity contribution is 7.13. The molecule has 0 aliphatic carbocycles. The van der Waals surface area contributed by atoms with Crippen molar-refractivity contribution in [1.82, 2.24) is 24.8 Å². The van der Waals surface area contributed by atoms with Crippen molar-refractivity contribution >= 4 is 35.1 Å². The number of carbonyl (C=O) groups excluding carboxylic acids is 2. The van der Waals surface area contributed by atoms with Gasteiger partial charge >= 0.3 is 12.1 Å². The Bertz CT molecular complexity index is 1230. The summed E-state index contributed by atoms with van der Waals surface area (Å²) in [6.45, 7) is 15.8. The van der Waals surface area contributed by atoms with Gasteiger partial charge in [-0.2, -0.15) is 0 Å². The minimum atomic E-state index is -0.609. The van der Waals surface area contributed by atoms with Crippen LogP contribution in [0.3, 0.4) is 0 Å². The molecule has 0 aliphatic heterocycles. The summed E-state index contributed by atoms with van der Waals surface area (Å²) in [7, 11) is 0. The zero-order chi connectivity index (χ0) is 29.1. The van der Waals surface area contributed by atoms with Gasteiger partial charge in [0.1, 0.15) is 22.2 Å². The van der Waals surface area contributed by atoms with E-state index in [9.17, 15) is 9.59 Å². The van der Waals surface area contributed by atoms with Crippen LogP contribution in [0.4, 0.5) is 21.2 Å².